The van der Waals surface area contributed by atoms with E-state index in [-0.39, 0.29) is 35.3 Å². The summed E-state index contributed by atoms with van der Waals surface area (Å²) in [4.78, 5) is 24.7. The van der Waals surface area contributed by atoms with Gasteiger partial charge in [0.1, 0.15) is 24.1 Å². The highest BCUT2D eigenvalue weighted by atomic mass is 28.4. The number of esters is 2. The molecule has 0 saturated carbocycles. The molecule has 1 saturated heterocycles. The number of hydrogen-bond acceptors (Lipinski definition) is 9. The van der Waals surface area contributed by atoms with Crippen LogP contribution in [-0.2, 0) is 44.0 Å². The summed E-state index contributed by atoms with van der Waals surface area (Å²) in [5, 5.41) is -0.172. The van der Waals surface area contributed by atoms with Gasteiger partial charge in [-0.1, -0.05) is 66.7 Å². The van der Waals surface area contributed by atoms with Crippen molar-refractivity contribution in [2.45, 2.75) is 136 Å². The van der Waals surface area contributed by atoms with Crippen molar-refractivity contribution in [1.29, 1.82) is 0 Å². The molecule has 0 bridgehead atoms. The second kappa shape index (κ2) is 17.0. The Morgan fingerprint density at radius 1 is 0.939 bits per heavy atom. The molecule has 0 spiro atoms. The highest BCUT2D eigenvalue weighted by Crippen LogP contribution is 2.52. The van der Waals surface area contributed by atoms with E-state index in [0.29, 0.717) is 13.2 Å². The molecule has 0 aromatic heterocycles. The Labute approximate surface area is 299 Å². The van der Waals surface area contributed by atoms with Crippen molar-refractivity contribution in [2.24, 2.45) is 17.8 Å². The van der Waals surface area contributed by atoms with Gasteiger partial charge in [0.05, 0.1) is 32.5 Å². The van der Waals surface area contributed by atoms with Gasteiger partial charge in [0.25, 0.3) is 0 Å². The minimum atomic E-state index is -2.44. The number of epoxide rings is 1. The molecule has 1 aromatic rings. The first-order chi connectivity index (χ1) is 22.4. The van der Waals surface area contributed by atoms with Gasteiger partial charge in [-0.2, -0.15) is 0 Å². The van der Waals surface area contributed by atoms with Crippen molar-refractivity contribution in [3.8, 4) is 5.75 Å². The molecule has 0 unspecified atom stereocenters. The highest BCUT2D eigenvalue weighted by Gasteiger charge is 2.65. The molecule has 1 aromatic carbocycles. The van der Waals surface area contributed by atoms with Crippen molar-refractivity contribution in [3.63, 3.8) is 0 Å². The van der Waals surface area contributed by atoms with Crippen molar-refractivity contribution < 1.29 is 42.1 Å². The average Bonchev–Trinajstić information content (AvgIpc) is 3.67. The minimum Gasteiger partial charge on any atom is -0.497 e. The molecule has 0 aliphatic carbocycles. The van der Waals surface area contributed by atoms with E-state index in [0.717, 1.165) is 11.3 Å². The summed E-state index contributed by atoms with van der Waals surface area (Å²) in [6, 6.07) is 7.85. The number of methoxy groups -OCH3 is 1. The lowest BCUT2D eigenvalue weighted by atomic mass is 9.80. The lowest BCUT2D eigenvalue weighted by Gasteiger charge is -2.46. The predicted octanol–water partition coefficient (Wildman–Crippen LogP) is 8.33. The molecule has 9 nitrogen and oxygen atoms in total. The first-order valence-corrected chi connectivity index (χ1v) is 23.3. The van der Waals surface area contributed by atoms with E-state index in [4.69, 9.17) is 32.5 Å². The summed E-state index contributed by atoms with van der Waals surface area (Å²) < 4.78 is 44.1. The van der Waals surface area contributed by atoms with Crippen LogP contribution in [0.2, 0.25) is 36.3 Å². The summed E-state index contributed by atoms with van der Waals surface area (Å²) in [5.74, 6) is -0.984. The predicted molar refractivity (Wildman–Crippen MR) is 200 cm³/mol. The Hall–Kier alpha value is -2.03. The zero-order valence-corrected chi connectivity index (χ0v) is 35.1. The second-order valence-electron chi connectivity index (χ2n) is 16.9. The van der Waals surface area contributed by atoms with Gasteiger partial charge in [0.2, 0.25) is 0 Å². The van der Waals surface area contributed by atoms with Crippen LogP contribution in [-0.4, -0.2) is 79.4 Å². The standard InChI is InChI=1S/C38H66O9Si2/c1-17-30(24-43-27(3)39)33(45-28(4)40)32(25-44-48(13,14)36(5,6)7)35(47-49(15,16)37(8,9)10)38(11)34(46-38)26(2)22-42-23-29-18-20-31(41-12)21-19-29/h17-21,26,30,32-35H,1,22-25H2,2-16H3/t26-,30-,32-,33+,34+,35-,38-/m0/s1. The number of hydrogen-bond donors (Lipinski definition) is 0. The van der Waals surface area contributed by atoms with Crippen LogP contribution in [0.3, 0.4) is 0 Å². The molecule has 7 atom stereocenters. The molecule has 0 N–H and O–H groups in total. The fourth-order valence-corrected chi connectivity index (χ4v) is 7.95. The molecule has 1 heterocycles. The van der Waals surface area contributed by atoms with Crippen LogP contribution in [0.5, 0.6) is 5.75 Å². The maximum Gasteiger partial charge on any atom is 0.302 e. The average molecular weight is 723 g/mol. The SMILES string of the molecule is C=C[C@@H](COC(C)=O)[C@@H](OC(C)=O)[C@H](CO[Si](C)(C)C(C)(C)C)[C@H](O[Si](C)(C)C(C)(C)C)[C@@]1(C)O[C@@H]1[C@@H](C)COCc1ccc(OC)cc1. The van der Waals surface area contributed by atoms with Crippen LogP contribution in [0.1, 0.15) is 74.8 Å². The zero-order valence-electron chi connectivity index (χ0n) is 33.1. The fraction of sp³-hybridized carbons (Fsp3) is 0.737. The normalized spacial score (nSPS) is 21.6. The quantitative estimate of drug-likeness (QED) is 0.0604. The topological polar surface area (TPSA) is 102 Å². The number of carbonyl (C=O) groups excluding carboxylic acids is 2. The van der Waals surface area contributed by atoms with Gasteiger partial charge in [0.15, 0.2) is 16.6 Å². The minimum absolute atomic E-state index is 0.0107. The van der Waals surface area contributed by atoms with Gasteiger partial charge >= 0.3 is 11.9 Å². The summed E-state index contributed by atoms with van der Waals surface area (Å²) in [7, 11) is -3.06. The van der Waals surface area contributed by atoms with Crippen LogP contribution in [0, 0.1) is 17.8 Å². The van der Waals surface area contributed by atoms with E-state index in [1.807, 2.05) is 24.3 Å². The van der Waals surface area contributed by atoms with E-state index in [1.54, 1.807) is 13.2 Å². The molecular weight excluding hydrogens is 657 g/mol. The monoisotopic (exact) mass is 722 g/mol. The molecule has 11 heteroatoms. The maximum absolute atomic E-state index is 12.8. The van der Waals surface area contributed by atoms with Crippen LogP contribution < -0.4 is 4.74 Å². The number of benzene rings is 1. The third-order valence-electron chi connectivity index (χ3n) is 10.8. The molecule has 280 valence electrons. The van der Waals surface area contributed by atoms with Crippen molar-refractivity contribution >= 4 is 28.6 Å². The van der Waals surface area contributed by atoms with Crippen molar-refractivity contribution in [3.05, 3.63) is 42.5 Å². The Balaban J connectivity index is 2.57. The number of ether oxygens (including phenoxy) is 5. The van der Waals surface area contributed by atoms with Crippen molar-refractivity contribution in [2.75, 3.05) is 26.9 Å². The van der Waals surface area contributed by atoms with Crippen LogP contribution >= 0.6 is 0 Å². The van der Waals surface area contributed by atoms with E-state index in [2.05, 4.69) is 88.2 Å². The van der Waals surface area contributed by atoms with Gasteiger partial charge in [0, 0.05) is 38.2 Å². The zero-order chi connectivity index (χ0) is 37.6. The molecular formula is C38H66O9Si2. The summed E-state index contributed by atoms with van der Waals surface area (Å²) in [6.07, 6.45) is 0.248. The van der Waals surface area contributed by atoms with Crippen LogP contribution in [0.4, 0.5) is 0 Å². The van der Waals surface area contributed by atoms with Gasteiger partial charge in [-0.15, -0.1) is 6.58 Å². The van der Waals surface area contributed by atoms with Gasteiger partial charge in [-0.25, -0.2) is 0 Å². The largest absolute Gasteiger partial charge is 0.497 e. The lowest BCUT2D eigenvalue weighted by molar-refractivity contribution is -0.160. The van der Waals surface area contributed by atoms with Gasteiger partial charge < -0.3 is 32.5 Å². The summed E-state index contributed by atoms with van der Waals surface area (Å²) >= 11 is 0. The Bertz CT molecular complexity index is 1240. The van der Waals surface area contributed by atoms with E-state index in [1.165, 1.54) is 13.8 Å². The van der Waals surface area contributed by atoms with Gasteiger partial charge in [-0.3, -0.25) is 9.59 Å². The molecule has 1 aliphatic heterocycles. The third kappa shape index (κ3) is 11.8. The molecule has 49 heavy (non-hydrogen) atoms. The van der Waals surface area contributed by atoms with Gasteiger partial charge in [-0.05, 0) is 60.9 Å². The number of rotatable bonds is 19. The second-order valence-corrected chi connectivity index (χ2v) is 26.4. The fourth-order valence-electron chi connectivity index (χ4n) is 5.52. The summed E-state index contributed by atoms with van der Waals surface area (Å²) in [5.41, 5.74) is 0.327. The van der Waals surface area contributed by atoms with Crippen LogP contribution in [0.15, 0.2) is 36.9 Å². The first kappa shape index (κ1) is 43.1. The molecule has 1 fully saturated rings. The van der Waals surface area contributed by atoms with E-state index >= 15 is 0 Å². The molecule has 1 aliphatic rings. The van der Waals surface area contributed by atoms with E-state index < -0.39 is 58.2 Å². The summed E-state index contributed by atoms with van der Waals surface area (Å²) in [6.45, 7) is 34.3. The highest BCUT2D eigenvalue weighted by molar-refractivity contribution is 6.74. The third-order valence-corrected chi connectivity index (χ3v) is 19.7. The smallest absolute Gasteiger partial charge is 0.302 e. The first-order valence-electron chi connectivity index (χ1n) is 17.5. The Morgan fingerprint density at radius 3 is 1.98 bits per heavy atom. The van der Waals surface area contributed by atoms with E-state index in [9.17, 15) is 9.59 Å². The molecule has 0 radical (unpaired) electrons. The molecule has 2 rings (SSSR count). The Kier molecular flexibility index (Phi) is 15.0. The lowest BCUT2D eigenvalue weighted by Crippen LogP contribution is -2.57. The molecule has 0 amide bonds. The van der Waals surface area contributed by atoms with Crippen molar-refractivity contribution in [1.82, 2.24) is 0 Å². The maximum atomic E-state index is 12.8. The van der Waals surface area contributed by atoms with Crippen LogP contribution in [0.25, 0.3) is 0 Å². The Morgan fingerprint density at radius 2 is 1.51 bits per heavy atom. The number of carbonyl (C=O) groups is 2.